The van der Waals surface area contributed by atoms with E-state index in [2.05, 4.69) is 28.0 Å². The van der Waals surface area contributed by atoms with E-state index in [-0.39, 0.29) is 11.6 Å². The van der Waals surface area contributed by atoms with Gasteiger partial charge in [0.1, 0.15) is 4.47 Å². The first-order chi connectivity index (χ1) is 6.11. The molecule has 1 unspecified atom stereocenters. The number of nitrogens with zero attached hydrogens (tertiary/aromatic N) is 1. The lowest BCUT2D eigenvalue weighted by atomic mass is 10.3. The van der Waals surface area contributed by atoms with Crippen molar-refractivity contribution < 1.29 is 0 Å². The highest BCUT2D eigenvalue weighted by atomic mass is 79.9. The third kappa shape index (κ3) is 1.88. The zero-order valence-corrected chi connectivity index (χ0v) is 9.81. The number of hydrogen-bond donors (Lipinski definition) is 1. The van der Waals surface area contributed by atoms with E-state index in [0.717, 1.165) is 18.5 Å². The van der Waals surface area contributed by atoms with Gasteiger partial charge in [-0.1, -0.05) is 13.8 Å². The molecule has 0 aliphatic rings. The second kappa shape index (κ2) is 4.13. The molecule has 0 aromatic carbocycles. The molecule has 1 rings (SSSR count). The number of halogens is 1. The van der Waals surface area contributed by atoms with E-state index in [9.17, 15) is 4.79 Å². The van der Waals surface area contributed by atoms with Crippen LogP contribution in [0, 0.1) is 0 Å². The standard InChI is InChI=1S/C9H15BrN2O/c1-4-6(3)12-9(13)8(10)7(5-2)11-12/h6,11H,4-5H2,1-3H3. The number of rotatable bonds is 3. The highest BCUT2D eigenvalue weighted by molar-refractivity contribution is 9.10. The van der Waals surface area contributed by atoms with Crippen LogP contribution in [-0.4, -0.2) is 9.78 Å². The van der Waals surface area contributed by atoms with Crippen LogP contribution in [-0.2, 0) is 6.42 Å². The molecule has 0 amide bonds. The van der Waals surface area contributed by atoms with Crippen molar-refractivity contribution in [2.24, 2.45) is 0 Å². The van der Waals surface area contributed by atoms with Crippen molar-refractivity contribution in [2.75, 3.05) is 0 Å². The Labute approximate surface area is 86.3 Å². The fraction of sp³-hybridized carbons (Fsp3) is 0.667. The lowest BCUT2D eigenvalue weighted by molar-refractivity contribution is 0.461. The van der Waals surface area contributed by atoms with Crippen molar-refractivity contribution in [2.45, 2.75) is 39.7 Å². The van der Waals surface area contributed by atoms with Crippen LogP contribution in [0.2, 0.25) is 0 Å². The van der Waals surface area contributed by atoms with Gasteiger partial charge in [-0.3, -0.25) is 9.89 Å². The van der Waals surface area contributed by atoms with E-state index in [1.807, 2.05) is 13.8 Å². The molecule has 1 aromatic heterocycles. The highest BCUT2D eigenvalue weighted by Crippen LogP contribution is 2.13. The summed E-state index contributed by atoms with van der Waals surface area (Å²) in [5.41, 5.74) is 1.02. The van der Waals surface area contributed by atoms with E-state index < -0.39 is 0 Å². The molecule has 4 heteroatoms. The molecule has 0 saturated carbocycles. The van der Waals surface area contributed by atoms with Gasteiger partial charge >= 0.3 is 0 Å². The van der Waals surface area contributed by atoms with Crippen molar-refractivity contribution in [1.82, 2.24) is 9.78 Å². The maximum absolute atomic E-state index is 11.6. The largest absolute Gasteiger partial charge is 0.298 e. The third-order valence-corrected chi connectivity index (χ3v) is 3.13. The number of aryl methyl sites for hydroxylation is 1. The van der Waals surface area contributed by atoms with Gasteiger partial charge in [0, 0.05) is 0 Å². The maximum Gasteiger partial charge on any atom is 0.281 e. The Balaban J connectivity index is 3.17. The summed E-state index contributed by atoms with van der Waals surface area (Å²) in [7, 11) is 0. The van der Waals surface area contributed by atoms with Gasteiger partial charge < -0.3 is 0 Å². The summed E-state index contributed by atoms with van der Waals surface area (Å²) in [6.07, 6.45) is 1.80. The Kier molecular flexibility index (Phi) is 3.36. The molecule has 13 heavy (non-hydrogen) atoms. The normalized spacial score (nSPS) is 13.2. The first kappa shape index (κ1) is 10.6. The van der Waals surface area contributed by atoms with Gasteiger partial charge in [-0.15, -0.1) is 0 Å². The predicted octanol–water partition coefficient (Wildman–Crippen LogP) is 2.47. The topological polar surface area (TPSA) is 37.8 Å². The summed E-state index contributed by atoms with van der Waals surface area (Å²) in [6, 6.07) is 0.240. The Hall–Kier alpha value is -0.510. The SMILES string of the molecule is CCc1[nH]n(C(C)CC)c(=O)c1Br. The molecular formula is C9H15BrN2O. The molecule has 1 heterocycles. The van der Waals surface area contributed by atoms with Crippen LogP contribution in [0.3, 0.4) is 0 Å². The summed E-state index contributed by atoms with van der Waals surface area (Å²) in [5.74, 6) is 0. The molecule has 1 atom stereocenters. The monoisotopic (exact) mass is 246 g/mol. The molecule has 0 bridgehead atoms. The number of nitrogens with one attached hydrogen (secondary N) is 1. The van der Waals surface area contributed by atoms with Crippen molar-refractivity contribution >= 4 is 15.9 Å². The van der Waals surface area contributed by atoms with Crippen molar-refractivity contribution in [3.05, 3.63) is 20.5 Å². The molecule has 0 radical (unpaired) electrons. The van der Waals surface area contributed by atoms with Crippen LogP contribution in [0.15, 0.2) is 9.27 Å². The molecule has 0 aliphatic carbocycles. The van der Waals surface area contributed by atoms with E-state index in [1.54, 1.807) is 4.68 Å². The summed E-state index contributed by atoms with van der Waals surface area (Å²) in [4.78, 5) is 11.6. The minimum absolute atomic E-state index is 0.0474. The molecule has 0 fully saturated rings. The summed E-state index contributed by atoms with van der Waals surface area (Å²) in [6.45, 7) is 6.12. The second-order valence-corrected chi connectivity index (χ2v) is 3.98. The van der Waals surface area contributed by atoms with E-state index in [1.165, 1.54) is 0 Å². The van der Waals surface area contributed by atoms with Gasteiger partial charge in [0.05, 0.1) is 11.7 Å². The predicted molar refractivity (Wildman–Crippen MR) is 57.1 cm³/mol. The lowest BCUT2D eigenvalue weighted by Gasteiger charge is -2.08. The minimum atomic E-state index is 0.0474. The van der Waals surface area contributed by atoms with Crippen molar-refractivity contribution in [1.29, 1.82) is 0 Å². The van der Waals surface area contributed by atoms with Crippen LogP contribution >= 0.6 is 15.9 Å². The summed E-state index contributed by atoms with van der Waals surface area (Å²) < 4.78 is 2.36. The van der Waals surface area contributed by atoms with Crippen molar-refractivity contribution in [3.63, 3.8) is 0 Å². The van der Waals surface area contributed by atoms with Gasteiger partial charge in [0.25, 0.3) is 5.56 Å². The van der Waals surface area contributed by atoms with Gasteiger partial charge in [-0.25, -0.2) is 4.68 Å². The van der Waals surface area contributed by atoms with Crippen LogP contribution in [0.1, 0.15) is 38.9 Å². The van der Waals surface area contributed by atoms with Crippen molar-refractivity contribution in [3.8, 4) is 0 Å². The highest BCUT2D eigenvalue weighted by Gasteiger charge is 2.12. The first-order valence-corrected chi connectivity index (χ1v) is 5.39. The number of hydrogen-bond acceptors (Lipinski definition) is 1. The Bertz CT molecular complexity index is 340. The zero-order chi connectivity index (χ0) is 10.0. The van der Waals surface area contributed by atoms with E-state index >= 15 is 0 Å². The number of aromatic nitrogens is 2. The van der Waals surface area contributed by atoms with Gasteiger partial charge in [0.15, 0.2) is 0 Å². The van der Waals surface area contributed by atoms with E-state index in [0.29, 0.717) is 4.47 Å². The zero-order valence-electron chi connectivity index (χ0n) is 8.22. The minimum Gasteiger partial charge on any atom is -0.298 e. The second-order valence-electron chi connectivity index (χ2n) is 3.19. The third-order valence-electron chi connectivity index (χ3n) is 2.31. The van der Waals surface area contributed by atoms with Gasteiger partial charge in [-0.05, 0) is 35.7 Å². The van der Waals surface area contributed by atoms with Crippen LogP contribution in [0.5, 0.6) is 0 Å². The van der Waals surface area contributed by atoms with E-state index in [4.69, 9.17) is 0 Å². The van der Waals surface area contributed by atoms with Crippen LogP contribution in [0.25, 0.3) is 0 Å². The first-order valence-electron chi connectivity index (χ1n) is 4.60. The fourth-order valence-electron chi connectivity index (χ4n) is 1.21. The Morgan fingerprint density at radius 3 is 2.54 bits per heavy atom. The van der Waals surface area contributed by atoms with Gasteiger partial charge in [0.2, 0.25) is 0 Å². The maximum atomic E-state index is 11.6. The van der Waals surface area contributed by atoms with Crippen LogP contribution in [0.4, 0.5) is 0 Å². The molecule has 74 valence electrons. The van der Waals surface area contributed by atoms with Crippen LogP contribution < -0.4 is 5.56 Å². The number of aromatic amines is 1. The summed E-state index contributed by atoms with van der Waals surface area (Å²) in [5, 5.41) is 3.11. The molecule has 0 aliphatic heterocycles. The van der Waals surface area contributed by atoms with Gasteiger partial charge in [-0.2, -0.15) is 0 Å². The number of H-pyrrole nitrogens is 1. The molecule has 3 nitrogen and oxygen atoms in total. The Morgan fingerprint density at radius 1 is 1.54 bits per heavy atom. The molecule has 1 N–H and O–H groups in total. The summed E-state index contributed by atoms with van der Waals surface area (Å²) >= 11 is 3.29. The quantitative estimate of drug-likeness (QED) is 0.875. The molecule has 1 aromatic rings. The molecule has 0 spiro atoms. The molecule has 0 saturated heterocycles. The molecular weight excluding hydrogens is 232 g/mol. The average Bonchev–Trinajstić information content (AvgIpc) is 2.43. The fourth-order valence-corrected chi connectivity index (χ4v) is 1.77. The average molecular weight is 247 g/mol. The smallest absolute Gasteiger partial charge is 0.281 e. The Morgan fingerprint density at radius 2 is 2.15 bits per heavy atom. The lowest BCUT2D eigenvalue weighted by Crippen LogP contribution is -2.20.